The van der Waals surface area contributed by atoms with Crippen LogP contribution in [0.2, 0.25) is 0 Å². The molecule has 2 saturated heterocycles. The molecule has 0 saturated carbocycles. The number of rotatable bonds is 10. The molecule has 2 fully saturated rings. The predicted molar refractivity (Wildman–Crippen MR) is 128 cm³/mol. The first-order valence-electron chi connectivity index (χ1n) is 11.4. The molecule has 0 aliphatic carbocycles. The van der Waals surface area contributed by atoms with E-state index in [1.165, 1.54) is 23.6 Å². The Hall–Kier alpha value is -2.20. The molecule has 4 atom stereocenters. The number of ether oxygens (including phenoxy) is 2. The minimum atomic E-state index is -3.88. The number of esters is 2. The number of nitrogens with two attached hydrogens (primary N) is 1. The lowest BCUT2D eigenvalue weighted by molar-refractivity contribution is -0.175. The van der Waals surface area contributed by atoms with Gasteiger partial charge in [0.25, 0.3) is 10.2 Å². The van der Waals surface area contributed by atoms with Crippen molar-refractivity contribution in [2.45, 2.75) is 52.0 Å². The second kappa shape index (κ2) is 10.3. The lowest BCUT2D eigenvalue weighted by Gasteiger charge is -2.46. The summed E-state index contributed by atoms with van der Waals surface area (Å²) in [4.78, 5) is 50.5. The third-order valence-electron chi connectivity index (χ3n) is 6.17. The molecule has 0 aromatic heterocycles. The molecule has 0 bridgehead atoms. The summed E-state index contributed by atoms with van der Waals surface area (Å²) >= 11 is 1.26. The van der Waals surface area contributed by atoms with Gasteiger partial charge in [-0.1, -0.05) is 6.92 Å². The first-order valence-corrected chi connectivity index (χ1v) is 13.7. The minimum Gasteiger partial charge on any atom is -0.427 e. The number of fused-ring (bicyclic) bond motifs is 1. The standard InChI is InChI=1S/C21H32N4O9S2/c1-10-15-14(11(2)26)18(28)25(15)16(19(29)33-9-34-20(30)21(3,4)5)17(10)35-12-7-24(8-12)36(31,32)23-6-13(22)27/h10-12,14-15,23,26H,6-9H2,1-5H3,(H2,22,27)/t10-,11-,14-,15-/m1/s1. The Kier molecular flexibility index (Phi) is 8.10. The van der Waals surface area contributed by atoms with Gasteiger partial charge in [-0.3, -0.25) is 14.4 Å². The van der Waals surface area contributed by atoms with Crippen LogP contribution < -0.4 is 10.5 Å². The predicted octanol–water partition coefficient (Wildman–Crippen LogP) is -1.12. The summed E-state index contributed by atoms with van der Waals surface area (Å²) in [6.07, 6.45) is -0.920. The summed E-state index contributed by atoms with van der Waals surface area (Å²) in [5.41, 5.74) is 4.21. The van der Waals surface area contributed by atoms with Crippen LogP contribution in [0.15, 0.2) is 10.6 Å². The van der Waals surface area contributed by atoms with E-state index in [-0.39, 0.29) is 30.0 Å². The average molecular weight is 549 g/mol. The Labute approximate surface area is 213 Å². The van der Waals surface area contributed by atoms with Crippen LogP contribution in [0.3, 0.4) is 0 Å². The molecule has 4 N–H and O–H groups in total. The number of carbonyl (C=O) groups excluding carboxylic acids is 4. The van der Waals surface area contributed by atoms with Gasteiger partial charge in [0, 0.05) is 29.2 Å². The molecule has 202 valence electrons. The van der Waals surface area contributed by atoms with Crippen LogP contribution in [0.1, 0.15) is 34.6 Å². The van der Waals surface area contributed by atoms with Gasteiger partial charge in [-0.15, -0.1) is 11.8 Å². The van der Waals surface area contributed by atoms with Crippen molar-refractivity contribution >= 4 is 45.7 Å². The van der Waals surface area contributed by atoms with E-state index >= 15 is 0 Å². The molecule has 0 unspecified atom stereocenters. The highest BCUT2D eigenvalue weighted by Crippen LogP contribution is 2.52. The van der Waals surface area contributed by atoms with Crippen molar-refractivity contribution in [3.8, 4) is 0 Å². The fraction of sp³-hybridized carbons (Fsp3) is 0.714. The van der Waals surface area contributed by atoms with Crippen LogP contribution in [-0.2, 0) is 38.9 Å². The molecule has 3 heterocycles. The van der Waals surface area contributed by atoms with E-state index in [9.17, 15) is 32.7 Å². The van der Waals surface area contributed by atoms with E-state index in [0.29, 0.717) is 4.91 Å². The molecule has 0 aromatic rings. The number of aliphatic hydroxyl groups excluding tert-OH is 1. The highest BCUT2D eigenvalue weighted by atomic mass is 32.2. The van der Waals surface area contributed by atoms with Crippen molar-refractivity contribution in [1.29, 1.82) is 0 Å². The number of β-lactam (4-membered cyclic amide) rings is 1. The highest BCUT2D eigenvalue weighted by molar-refractivity contribution is 8.04. The maximum Gasteiger partial charge on any atom is 0.358 e. The van der Waals surface area contributed by atoms with Crippen molar-refractivity contribution in [3.63, 3.8) is 0 Å². The Morgan fingerprint density at radius 3 is 2.39 bits per heavy atom. The molecule has 0 spiro atoms. The van der Waals surface area contributed by atoms with Crippen molar-refractivity contribution in [1.82, 2.24) is 13.9 Å². The molecule has 3 aliphatic heterocycles. The number of hydrogen-bond donors (Lipinski definition) is 3. The number of carbonyl (C=O) groups is 4. The number of hydrogen-bond acceptors (Lipinski definition) is 10. The van der Waals surface area contributed by atoms with E-state index in [0.717, 1.165) is 4.31 Å². The maximum atomic E-state index is 13.0. The highest BCUT2D eigenvalue weighted by Gasteiger charge is 2.60. The quantitative estimate of drug-likeness (QED) is 0.172. The number of thioether (sulfide) groups is 1. The fourth-order valence-electron chi connectivity index (χ4n) is 4.20. The molecule has 3 aliphatic rings. The molecule has 36 heavy (non-hydrogen) atoms. The molecular formula is C21H32N4O9S2. The van der Waals surface area contributed by atoms with Gasteiger partial charge in [-0.2, -0.15) is 17.4 Å². The van der Waals surface area contributed by atoms with E-state index < -0.39 is 70.8 Å². The zero-order valence-corrected chi connectivity index (χ0v) is 22.3. The lowest BCUT2D eigenvalue weighted by atomic mass is 9.79. The average Bonchev–Trinajstić information content (AvgIpc) is 2.95. The van der Waals surface area contributed by atoms with Gasteiger partial charge in [0.05, 0.1) is 30.0 Å². The van der Waals surface area contributed by atoms with Gasteiger partial charge in [-0.05, 0) is 27.7 Å². The van der Waals surface area contributed by atoms with Crippen LogP contribution >= 0.6 is 11.8 Å². The van der Waals surface area contributed by atoms with Gasteiger partial charge in [0.15, 0.2) is 0 Å². The summed E-state index contributed by atoms with van der Waals surface area (Å²) in [6, 6.07) is -0.447. The van der Waals surface area contributed by atoms with Crippen LogP contribution in [0.25, 0.3) is 0 Å². The SMILES string of the molecule is C[C@@H](O)[C@H]1C(=O)N2C(C(=O)OCOC(=O)C(C)(C)C)=C(SC3CN(S(=O)(=O)NCC(N)=O)C3)[C@H](C)[C@H]12. The van der Waals surface area contributed by atoms with Gasteiger partial charge >= 0.3 is 11.9 Å². The maximum absolute atomic E-state index is 13.0. The van der Waals surface area contributed by atoms with Gasteiger partial charge < -0.3 is 25.2 Å². The van der Waals surface area contributed by atoms with Crippen LogP contribution in [0.4, 0.5) is 0 Å². The zero-order chi connectivity index (χ0) is 27.2. The van der Waals surface area contributed by atoms with Crippen molar-refractivity contribution in [2.75, 3.05) is 26.4 Å². The van der Waals surface area contributed by atoms with E-state index in [2.05, 4.69) is 4.72 Å². The summed E-state index contributed by atoms with van der Waals surface area (Å²) in [5.74, 6) is -3.64. The molecular weight excluding hydrogens is 516 g/mol. The van der Waals surface area contributed by atoms with Crippen molar-refractivity contribution in [2.24, 2.45) is 23.0 Å². The Balaban J connectivity index is 1.73. The third kappa shape index (κ3) is 5.54. The van der Waals surface area contributed by atoms with Gasteiger partial charge in [0.1, 0.15) is 5.70 Å². The number of amides is 2. The second-order valence-electron chi connectivity index (χ2n) is 10.0. The van der Waals surface area contributed by atoms with Crippen LogP contribution in [0.5, 0.6) is 0 Å². The van der Waals surface area contributed by atoms with Gasteiger partial charge in [-0.25, -0.2) is 4.79 Å². The smallest absolute Gasteiger partial charge is 0.358 e. The summed E-state index contributed by atoms with van der Waals surface area (Å²) in [6.45, 7) is 7.36. The topological polar surface area (TPSA) is 186 Å². The fourth-order valence-corrected chi connectivity index (χ4v) is 7.16. The Morgan fingerprint density at radius 2 is 1.86 bits per heavy atom. The summed E-state index contributed by atoms with van der Waals surface area (Å²) < 4.78 is 37.9. The minimum absolute atomic E-state index is 0.0133. The van der Waals surface area contributed by atoms with E-state index in [1.54, 1.807) is 20.8 Å². The Bertz CT molecular complexity index is 1080. The summed E-state index contributed by atoms with van der Waals surface area (Å²) in [5, 5.41) is 9.86. The van der Waals surface area contributed by atoms with Crippen LogP contribution in [-0.4, -0.2) is 90.3 Å². The van der Waals surface area contributed by atoms with Gasteiger partial charge in [0.2, 0.25) is 18.6 Å². The molecule has 13 nitrogen and oxygen atoms in total. The number of aliphatic hydroxyl groups is 1. The zero-order valence-electron chi connectivity index (χ0n) is 20.7. The molecule has 0 radical (unpaired) electrons. The normalized spacial score (nSPS) is 25.7. The number of primary amides is 1. The molecule has 2 amide bonds. The monoisotopic (exact) mass is 548 g/mol. The largest absolute Gasteiger partial charge is 0.427 e. The number of nitrogens with zero attached hydrogens (tertiary/aromatic N) is 2. The number of nitrogens with one attached hydrogen (secondary N) is 1. The van der Waals surface area contributed by atoms with E-state index in [1.807, 2.05) is 6.92 Å². The lowest BCUT2D eigenvalue weighted by Crippen LogP contribution is -2.63. The van der Waals surface area contributed by atoms with Crippen molar-refractivity contribution < 1.29 is 42.2 Å². The first-order chi connectivity index (χ1) is 16.6. The van der Waals surface area contributed by atoms with E-state index in [4.69, 9.17) is 15.2 Å². The first kappa shape index (κ1) is 28.4. The van der Waals surface area contributed by atoms with Crippen LogP contribution in [0, 0.1) is 17.3 Å². The third-order valence-corrected chi connectivity index (χ3v) is 9.11. The summed E-state index contributed by atoms with van der Waals surface area (Å²) in [7, 11) is -3.88. The molecule has 3 rings (SSSR count). The molecule has 15 heteroatoms. The molecule has 0 aromatic carbocycles. The Morgan fingerprint density at radius 1 is 1.25 bits per heavy atom. The second-order valence-corrected chi connectivity index (χ2v) is 13.1. The van der Waals surface area contributed by atoms with Crippen molar-refractivity contribution in [3.05, 3.63) is 10.6 Å².